The van der Waals surface area contributed by atoms with Crippen LogP contribution in [0.3, 0.4) is 0 Å². The van der Waals surface area contributed by atoms with Crippen LogP contribution in [0.25, 0.3) is 6.08 Å². The van der Waals surface area contributed by atoms with Crippen LogP contribution in [-0.2, 0) is 4.79 Å². The van der Waals surface area contributed by atoms with Gasteiger partial charge in [-0.15, -0.1) is 0 Å². The Morgan fingerprint density at radius 2 is 2.00 bits per heavy atom. The number of benzene rings is 1. The number of hydrogen-bond acceptors (Lipinski definition) is 3. The summed E-state index contributed by atoms with van der Waals surface area (Å²) in [5.41, 5.74) is 3.12. The van der Waals surface area contributed by atoms with E-state index in [1.165, 1.54) is 17.3 Å². The van der Waals surface area contributed by atoms with Crippen molar-refractivity contribution in [1.29, 1.82) is 0 Å². The molecule has 0 N–H and O–H groups in total. The molecule has 110 valence electrons. The van der Waals surface area contributed by atoms with Crippen LogP contribution in [0, 0.1) is 6.92 Å². The zero-order valence-corrected chi connectivity index (χ0v) is 14.3. The summed E-state index contributed by atoms with van der Waals surface area (Å²) in [6.45, 7) is 6.13. The van der Waals surface area contributed by atoms with Gasteiger partial charge < -0.3 is 0 Å². The van der Waals surface area contributed by atoms with Gasteiger partial charge in [0.05, 0.1) is 0 Å². The highest BCUT2D eigenvalue weighted by Crippen LogP contribution is 2.23. The Balaban J connectivity index is 2.63. The summed E-state index contributed by atoms with van der Waals surface area (Å²) in [4.78, 5) is 12.2. The predicted molar refractivity (Wildman–Crippen MR) is 94.6 cm³/mol. The third-order valence-corrected chi connectivity index (χ3v) is 5.10. The fourth-order valence-electron chi connectivity index (χ4n) is 1.84. The van der Waals surface area contributed by atoms with Gasteiger partial charge in [-0.05, 0) is 31.9 Å². The molecule has 3 heteroatoms. The van der Waals surface area contributed by atoms with Crippen molar-refractivity contribution in [3.05, 3.63) is 41.0 Å². The number of carbonyl (C=O) groups excluding carboxylic acids is 1. The number of unbranched alkanes of at least 4 members (excludes halogenated alkanes) is 1. The quantitative estimate of drug-likeness (QED) is 0.554. The van der Waals surface area contributed by atoms with Crippen molar-refractivity contribution in [3.63, 3.8) is 0 Å². The molecule has 0 amide bonds. The van der Waals surface area contributed by atoms with Crippen molar-refractivity contribution in [2.75, 3.05) is 5.75 Å². The largest absolute Gasteiger partial charge is 0.282 e. The first-order chi connectivity index (χ1) is 9.56. The summed E-state index contributed by atoms with van der Waals surface area (Å²) in [6.07, 6.45) is 5.35. The topological polar surface area (TPSA) is 17.1 Å². The van der Waals surface area contributed by atoms with Crippen LogP contribution in [0.5, 0.6) is 0 Å². The van der Waals surface area contributed by atoms with Crippen LogP contribution < -0.4 is 0 Å². The number of aryl methyl sites for hydroxylation is 1. The molecule has 0 bridgehead atoms. The van der Waals surface area contributed by atoms with E-state index < -0.39 is 0 Å². The molecule has 0 saturated heterocycles. The Kier molecular flexibility index (Phi) is 8.08. The molecule has 0 fully saturated rings. The second-order valence-electron chi connectivity index (χ2n) is 5.09. The summed E-state index contributed by atoms with van der Waals surface area (Å²) in [7, 11) is 0. The van der Waals surface area contributed by atoms with Crippen LogP contribution in [0.1, 0.15) is 44.2 Å². The Morgan fingerprint density at radius 3 is 2.55 bits per heavy atom. The highest BCUT2D eigenvalue weighted by atomic mass is 32.2. The van der Waals surface area contributed by atoms with Gasteiger partial charge >= 0.3 is 0 Å². The zero-order valence-electron chi connectivity index (χ0n) is 12.6. The maximum Gasteiger partial charge on any atom is 0.215 e. The standard InChI is InChI=1S/C17H24OS2/c1-4-5-6-16(12-19)20-17(18)14(3)11-15-9-7-13(2)8-10-15/h7-11,16,19H,4-6,12H2,1-3H3/b14-11+. The lowest BCUT2D eigenvalue weighted by molar-refractivity contribution is -0.107. The fourth-order valence-corrected chi connectivity index (χ4v) is 3.15. The minimum atomic E-state index is 0.167. The number of thioether (sulfide) groups is 1. The highest BCUT2D eigenvalue weighted by Gasteiger charge is 2.14. The van der Waals surface area contributed by atoms with Crippen LogP contribution >= 0.6 is 24.4 Å². The third-order valence-electron chi connectivity index (χ3n) is 3.14. The van der Waals surface area contributed by atoms with Crippen molar-refractivity contribution in [2.45, 2.75) is 45.3 Å². The average molecular weight is 309 g/mol. The van der Waals surface area contributed by atoms with Gasteiger partial charge in [-0.3, -0.25) is 4.79 Å². The van der Waals surface area contributed by atoms with E-state index in [0.717, 1.165) is 36.2 Å². The van der Waals surface area contributed by atoms with E-state index in [1.54, 1.807) is 0 Å². The molecule has 0 aliphatic carbocycles. The first kappa shape index (κ1) is 17.4. The lowest BCUT2D eigenvalue weighted by Gasteiger charge is -2.12. The van der Waals surface area contributed by atoms with Gasteiger partial charge in [0.2, 0.25) is 5.12 Å². The molecular formula is C17H24OS2. The molecule has 0 aromatic heterocycles. The van der Waals surface area contributed by atoms with Crippen LogP contribution in [0.4, 0.5) is 0 Å². The third kappa shape index (κ3) is 6.19. The zero-order chi connectivity index (χ0) is 15.0. The molecule has 1 aromatic rings. The molecule has 1 unspecified atom stereocenters. The molecule has 0 heterocycles. The summed E-state index contributed by atoms with van der Waals surface area (Å²) in [5, 5.41) is 0.493. The van der Waals surface area contributed by atoms with Crippen molar-refractivity contribution in [1.82, 2.24) is 0 Å². The van der Waals surface area contributed by atoms with Gasteiger partial charge in [0.15, 0.2) is 0 Å². The molecule has 1 aromatic carbocycles. The van der Waals surface area contributed by atoms with E-state index in [-0.39, 0.29) is 5.12 Å². The van der Waals surface area contributed by atoms with Gasteiger partial charge in [-0.25, -0.2) is 0 Å². The number of carbonyl (C=O) groups is 1. The van der Waals surface area contributed by atoms with E-state index in [4.69, 9.17) is 0 Å². The number of hydrogen-bond donors (Lipinski definition) is 1. The highest BCUT2D eigenvalue weighted by molar-refractivity contribution is 8.15. The summed E-state index contributed by atoms with van der Waals surface area (Å²) in [6, 6.07) is 8.22. The van der Waals surface area contributed by atoms with Gasteiger partial charge in [-0.2, -0.15) is 12.6 Å². The van der Waals surface area contributed by atoms with E-state index in [2.05, 4.69) is 38.6 Å². The normalized spacial score (nSPS) is 13.3. The second kappa shape index (κ2) is 9.30. The van der Waals surface area contributed by atoms with Crippen molar-refractivity contribution >= 4 is 35.6 Å². The molecule has 0 saturated carbocycles. The van der Waals surface area contributed by atoms with E-state index in [1.807, 2.05) is 25.1 Å². The van der Waals surface area contributed by atoms with Crippen molar-refractivity contribution < 1.29 is 4.79 Å². The molecule has 1 rings (SSSR count). The molecule has 1 atom stereocenters. The monoisotopic (exact) mass is 308 g/mol. The molecule has 0 aliphatic rings. The first-order valence-corrected chi connectivity index (χ1v) is 8.64. The van der Waals surface area contributed by atoms with Gasteiger partial charge in [0.25, 0.3) is 0 Å². The van der Waals surface area contributed by atoms with Gasteiger partial charge in [0.1, 0.15) is 0 Å². The minimum Gasteiger partial charge on any atom is -0.282 e. The molecule has 20 heavy (non-hydrogen) atoms. The molecule has 0 spiro atoms. The minimum absolute atomic E-state index is 0.167. The first-order valence-electron chi connectivity index (χ1n) is 7.13. The van der Waals surface area contributed by atoms with E-state index >= 15 is 0 Å². The average Bonchev–Trinajstić information content (AvgIpc) is 2.45. The smallest absolute Gasteiger partial charge is 0.215 e. The summed E-state index contributed by atoms with van der Waals surface area (Å²) >= 11 is 5.78. The molecule has 0 aliphatic heterocycles. The SMILES string of the molecule is CCCCC(CS)SC(=O)/C(C)=C/c1ccc(C)cc1. The van der Waals surface area contributed by atoms with Crippen molar-refractivity contribution in [2.24, 2.45) is 0 Å². The maximum absolute atomic E-state index is 12.2. The van der Waals surface area contributed by atoms with Gasteiger partial charge in [-0.1, -0.05) is 61.4 Å². The maximum atomic E-state index is 12.2. The number of rotatable bonds is 7. The summed E-state index contributed by atoms with van der Waals surface area (Å²) in [5.74, 6) is 0.758. The van der Waals surface area contributed by atoms with Gasteiger partial charge in [0, 0.05) is 16.6 Å². The molecule has 0 radical (unpaired) electrons. The molecular weight excluding hydrogens is 284 g/mol. The van der Waals surface area contributed by atoms with E-state index in [0.29, 0.717) is 5.25 Å². The fraction of sp³-hybridized carbons (Fsp3) is 0.471. The molecule has 1 nitrogen and oxygen atoms in total. The van der Waals surface area contributed by atoms with Crippen LogP contribution in [0.2, 0.25) is 0 Å². The lowest BCUT2D eigenvalue weighted by atomic mass is 10.1. The Hall–Kier alpha value is -0.670. The van der Waals surface area contributed by atoms with E-state index in [9.17, 15) is 4.79 Å². The van der Waals surface area contributed by atoms with Crippen LogP contribution in [-0.4, -0.2) is 16.1 Å². The second-order valence-corrected chi connectivity index (χ2v) is 6.73. The van der Waals surface area contributed by atoms with Crippen molar-refractivity contribution in [3.8, 4) is 0 Å². The summed E-state index contributed by atoms with van der Waals surface area (Å²) < 4.78 is 0. The number of thiol groups is 1. The Bertz CT molecular complexity index is 449. The predicted octanol–water partition coefficient (Wildman–Crippen LogP) is 5.15. The lowest BCUT2D eigenvalue weighted by Crippen LogP contribution is -2.09. The Labute approximate surface area is 132 Å². The van der Waals surface area contributed by atoms with Crippen LogP contribution in [0.15, 0.2) is 29.8 Å². The Morgan fingerprint density at radius 1 is 1.35 bits per heavy atom.